The molecule has 1 fully saturated rings. The van der Waals surface area contributed by atoms with Crippen molar-refractivity contribution in [2.45, 2.75) is 12.7 Å². The number of halogens is 3. The average molecular weight is 425 g/mol. The number of alkyl halides is 3. The van der Waals surface area contributed by atoms with E-state index in [2.05, 4.69) is 20.0 Å². The molecule has 2 aromatic heterocycles. The summed E-state index contributed by atoms with van der Waals surface area (Å²) in [5.41, 5.74) is 0.766. The van der Waals surface area contributed by atoms with Gasteiger partial charge in [0.05, 0.1) is 6.26 Å². The summed E-state index contributed by atoms with van der Waals surface area (Å²) >= 11 is 0. The van der Waals surface area contributed by atoms with Gasteiger partial charge in [-0.25, -0.2) is 4.98 Å². The van der Waals surface area contributed by atoms with Gasteiger partial charge in [-0.2, -0.15) is 13.2 Å². The number of nitrogens with zero attached hydrogens (tertiary/aromatic N) is 4. The van der Waals surface area contributed by atoms with Gasteiger partial charge in [-0.3, -0.25) is 9.79 Å². The van der Waals surface area contributed by atoms with Crippen molar-refractivity contribution < 1.29 is 27.1 Å². The van der Waals surface area contributed by atoms with Gasteiger partial charge in [0.25, 0.3) is 5.91 Å². The number of ether oxygens (including phenoxy) is 1. The number of nitrogens with one attached hydrogen (secondary N) is 1. The van der Waals surface area contributed by atoms with Crippen molar-refractivity contribution in [2.75, 3.05) is 39.8 Å². The first-order valence-electron chi connectivity index (χ1n) is 9.28. The summed E-state index contributed by atoms with van der Waals surface area (Å²) < 4.78 is 46.3. The van der Waals surface area contributed by atoms with Crippen molar-refractivity contribution in [1.29, 1.82) is 0 Å². The van der Waals surface area contributed by atoms with E-state index in [9.17, 15) is 18.0 Å². The highest BCUT2D eigenvalue weighted by molar-refractivity contribution is 5.91. The van der Waals surface area contributed by atoms with Crippen molar-refractivity contribution in [1.82, 2.24) is 20.1 Å². The second kappa shape index (κ2) is 9.51. The number of furan rings is 1. The fourth-order valence-corrected chi connectivity index (χ4v) is 2.95. The van der Waals surface area contributed by atoms with Crippen LogP contribution in [0.2, 0.25) is 0 Å². The molecule has 3 heterocycles. The number of rotatable bonds is 5. The zero-order valence-corrected chi connectivity index (χ0v) is 16.4. The molecular formula is C19H22F3N5O3. The lowest BCUT2D eigenvalue weighted by atomic mass is 10.2. The molecule has 30 heavy (non-hydrogen) atoms. The third-order valence-electron chi connectivity index (χ3n) is 4.44. The summed E-state index contributed by atoms with van der Waals surface area (Å²) in [7, 11) is 1.66. The smallest absolute Gasteiger partial charge is 0.422 e. The van der Waals surface area contributed by atoms with E-state index in [4.69, 9.17) is 4.42 Å². The molecule has 0 spiro atoms. The Labute approximate surface area is 171 Å². The predicted octanol–water partition coefficient (Wildman–Crippen LogP) is 2.15. The van der Waals surface area contributed by atoms with E-state index >= 15 is 0 Å². The fourth-order valence-electron chi connectivity index (χ4n) is 2.95. The summed E-state index contributed by atoms with van der Waals surface area (Å²) in [6.07, 6.45) is -1.48. The van der Waals surface area contributed by atoms with Crippen molar-refractivity contribution >= 4 is 11.9 Å². The minimum atomic E-state index is -4.40. The normalized spacial score (nSPS) is 15.3. The Morgan fingerprint density at radius 2 is 1.97 bits per heavy atom. The number of hydrogen-bond acceptors (Lipinski definition) is 5. The second-order valence-corrected chi connectivity index (χ2v) is 6.57. The zero-order valence-electron chi connectivity index (χ0n) is 16.4. The Bertz CT molecular complexity index is 845. The molecule has 1 amide bonds. The van der Waals surface area contributed by atoms with Gasteiger partial charge in [0.15, 0.2) is 18.3 Å². The Kier molecular flexibility index (Phi) is 6.80. The molecule has 1 saturated heterocycles. The van der Waals surface area contributed by atoms with Crippen LogP contribution in [0.25, 0.3) is 0 Å². The van der Waals surface area contributed by atoms with Crippen LogP contribution in [0.4, 0.5) is 13.2 Å². The summed E-state index contributed by atoms with van der Waals surface area (Å²) in [4.78, 5) is 24.2. The quantitative estimate of drug-likeness (QED) is 0.584. The molecule has 2 aromatic rings. The molecule has 0 atom stereocenters. The number of aromatic nitrogens is 1. The van der Waals surface area contributed by atoms with Gasteiger partial charge in [0, 0.05) is 52.0 Å². The molecule has 0 bridgehead atoms. The topological polar surface area (TPSA) is 83.2 Å². The van der Waals surface area contributed by atoms with Crippen LogP contribution in [0.3, 0.4) is 0 Å². The van der Waals surface area contributed by atoms with Gasteiger partial charge in [-0.1, -0.05) is 6.07 Å². The van der Waals surface area contributed by atoms with Crippen LogP contribution in [-0.4, -0.2) is 72.7 Å². The molecule has 3 rings (SSSR count). The van der Waals surface area contributed by atoms with Gasteiger partial charge in [0.2, 0.25) is 5.88 Å². The van der Waals surface area contributed by atoms with E-state index in [0.29, 0.717) is 44.4 Å². The maximum Gasteiger partial charge on any atom is 0.422 e. The molecule has 8 nitrogen and oxygen atoms in total. The predicted molar refractivity (Wildman–Crippen MR) is 102 cm³/mol. The third kappa shape index (κ3) is 5.88. The molecule has 1 aliphatic rings. The van der Waals surface area contributed by atoms with Crippen LogP contribution >= 0.6 is 0 Å². The molecule has 0 aromatic carbocycles. The third-order valence-corrected chi connectivity index (χ3v) is 4.44. The van der Waals surface area contributed by atoms with Crippen LogP contribution < -0.4 is 10.1 Å². The molecule has 0 saturated carbocycles. The standard InChI is InChI=1S/C19H22F3N5O3/c1-23-18(25-12-14-4-5-16(24-11-14)30-13-19(20,21)22)27-8-6-26(7-9-27)17(28)15-3-2-10-29-15/h2-5,10-11H,6-9,12-13H2,1H3,(H,23,25). The maximum atomic E-state index is 12.3. The Morgan fingerprint density at radius 1 is 1.23 bits per heavy atom. The lowest BCUT2D eigenvalue weighted by Gasteiger charge is -2.36. The highest BCUT2D eigenvalue weighted by Gasteiger charge is 2.28. The Balaban J connectivity index is 1.46. The van der Waals surface area contributed by atoms with Gasteiger partial charge >= 0.3 is 6.18 Å². The summed E-state index contributed by atoms with van der Waals surface area (Å²) in [6, 6.07) is 6.35. The lowest BCUT2D eigenvalue weighted by molar-refractivity contribution is -0.154. The van der Waals surface area contributed by atoms with E-state index in [1.54, 1.807) is 30.1 Å². The molecule has 0 radical (unpaired) electrons. The number of guanidine groups is 1. The van der Waals surface area contributed by atoms with E-state index < -0.39 is 12.8 Å². The Morgan fingerprint density at radius 3 is 2.53 bits per heavy atom. The van der Waals surface area contributed by atoms with Gasteiger partial charge < -0.3 is 24.3 Å². The van der Waals surface area contributed by atoms with Crippen LogP contribution in [-0.2, 0) is 6.54 Å². The number of hydrogen-bond donors (Lipinski definition) is 1. The van der Waals surface area contributed by atoms with Gasteiger partial charge in [-0.15, -0.1) is 0 Å². The number of pyridine rings is 1. The molecule has 0 unspecified atom stereocenters. The summed E-state index contributed by atoms with van der Waals surface area (Å²) in [6.45, 7) is 1.30. The maximum absolute atomic E-state index is 12.3. The largest absolute Gasteiger partial charge is 0.468 e. The van der Waals surface area contributed by atoms with Crippen molar-refractivity contribution in [3.8, 4) is 5.88 Å². The zero-order chi connectivity index (χ0) is 21.6. The van der Waals surface area contributed by atoms with Crippen LogP contribution in [0, 0.1) is 0 Å². The van der Waals surface area contributed by atoms with E-state index in [1.165, 1.54) is 18.5 Å². The summed E-state index contributed by atoms with van der Waals surface area (Å²) in [5.74, 6) is 0.762. The van der Waals surface area contributed by atoms with Crippen molar-refractivity contribution in [2.24, 2.45) is 4.99 Å². The average Bonchev–Trinajstić information content (AvgIpc) is 3.28. The SMILES string of the molecule is CN=C(NCc1ccc(OCC(F)(F)F)nc1)N1CCN(C(=O)c2ccco2)CC1. The highest BCUT2D eigenvalue weighted by atomic mass is 19.4. The molecule has 1 N–H and O–H groups in total. The number of aliphatic imine (C=N–C) groups is 1. The number of piperazine rings is 1. The second-order valence-electron chi connectivity index (χ2n) is 6.57. The van der Waals surface area contributed by atoms with Crippen molar-refractivity contribution in [3.63, 3.8) is 0 Å². The molecular weight excluding hydrogens is 403 g/mol. The van der Waals surface area contributed by atoms with E-state index in [-0.39, 0.29) is 11.8 Å². The van der Waals surface area contributed by atoms with E-state index in [0.717, 1.165) is 5.56 Å². The molecule has 0 aliphatic carbocycles. The number of amides is 1. The van der Waals surface area contributed by atoms with Crippen molar-refractivity contribution in [3.05, 3.63) is 48.0 Å². The lowest BCUT2D eigenvalue weighted by Crippen LogP contribution is -2.53. The monoisotopic (exact) mass is 425 g/mol. The first kappa shape index (κ1) is 21.5. The first-order chi connectivity index (χ1) is 14.4. The highest BCUT2D eigenvalue weighted by Crippen LogP contribution is 2.17. The minimum absolute atomic E-state index is 0.0854. The molecule has 11 heteroatoms. The van der Waals surface area contributed by atoms with Gasteiger partial charge in [0.1, 0.15) is 0 Å². The fraction of sp³-hybridized carbons (Fsp3) is 0.421. The van der Waals surface area contributed by atoms with Gasteiger partial charge in [-0.05, 0) is 17.7 Å². The Hall–Kier alpha value is -3.24. The van der Waals surface area contributed by atoms with Crippen LogP contribution in [0.15, 0.2) is 46.1 Å². The minimum Gasteiger partial charge on any atom is -0.468 e. The number of carbonyl (C=O) groups is 1. The first-order valence-corrected chi connectivity index (χ1v) is 9.28. The van der Waals surface area contributed by atoms with Crippen LogP contribution in [0.1, 0.15) is 16.1 Å². The summed E-state index contributed by atoms with van der Waals surface area (Å²) in [5, 5.41) is 3.20. The van der Waals surface area contributed by atoms with E-state index in [1.807, 2.05) is 4.90 Å². The number of carbonyl (C=O) groups excluding carboxylic acids is 1. The molecule has 162 valence electrons. The van der Waals surface area contributed by atoms with Crippen LogP contribution in [0.5, 0.6) is 5.88 Å². The molecule has 1 aliphatic heterocycles.